The summed E-state index contributed by atoms with van der Waals surface area (Å²) < 4.78 is 26.6. The number of hydrogen-bond acceptors (Lipinski definition) is 5. The molecule has 158 valence electrons. The average Bonchev–Trinajstić information content (AvgIpc) is 3.21. The van der Waals surface area contributed by atoms with Crippen molar-refractivity contribution in [3.8, 4) is 23.0 Å². The van der Waals surface area contributed by atoms with Gasteiger partial charge in [-0.3, -0.25) is 0 Å². The molecule has 0 aliphatic heterocycles. The van der Waals surface area contributed by atoms with Gasteiger partial charge in [0.1, 0.15) is 5.75 Å². The Morgan fingerprint density at radius 1 is 1.03 bits per heavy atom. The predicted octanol–water partition coefficient (Wildman–Crippen LogP) is 6.71. The fourth-order valence-corrected chi connectivity index (χ4v) is 3.62. The first-order valence-corrected chi connectivity index (χ1v) is 10.3. The van der Waals surface area contributed by atoms with E-state index in [9.17, 15) is 0 Å². The molecule has 0 saturated heterocycles. The highest BCUT2D eigenvalue weighted by atomic mass is 35.5. The van der Waals surface area contributed by atoms with E-state index in [1.165, 1.54) is 12.1 Å². The normalized spacial score (nSPS) is 11.0. The van der Waals surface area contributed by atoms with Crippen LogP contribution < -0.4 is 10.5 Å². The average molecular weight is 458 g/mol. The third-order valence-electron chi connectivity index (χ3n) is 4.68. The van der Waals surface area contributed by atoms with Gasteiger partial charge < -0.3 is 14.9 Å². The maximum absolute atomic E-state index is 15.2. The summed E-state index contributed by atoms with van der Waals surface area (Å²) in [7, 11) is 0. The molecule has 3 aromatic carbocycles. The highest BCUT2D eigenvalue weighted by molar-refractivity contribution is 6.32. The van der Waals surface area contributed by atoms with Crippen molar-refractivity contribution in [1.29, 1.82) is 0 Å². The zero-order valence-electron chi connectivity index (χ0n) is 16.5. The van der Waals surface area contributed by atoms with Crippen molar-refractivity contribution in [1.82, 2.24) is 10.2 Å². The first kappa shape index (κ1) is 21.2. The molecule has 4 rings (SSSR count). The fourth-order valence-electron chi connectivity index (χ4n) is 3.20. The Balaban J connectivity index is 1.61. The van der Waals surface area contributed by atoms with Gasteiger partial charge >= 0.3 is 0 Å². The highest BCUT2D eigenvalue weighted by Gasteiger charge is 2.19. The molecule has 0 saturated carbocycles. The Bertz CT molecular complexity index is 1220. The topological polar surface area (TPSA) is 74.2 Å². The minimum Gasteiger partial charge on any atom is -0.453 e. The lowest BCUT2D eigenvalue weighted by Gasteiger charge is -2.12. The van der Waals surface area contributed by atoms with E-state index in [1.54, 1.807) is 18.2 Å². The lowest BCUT2D eigenvalue weighted by molar-refractivity contribution is 0.437. The van der Waals surface area contributed by atoms with Crippen LogP contribution in [0.1, 0.15) is 23.9 Å². The van der Waals surface area contributed by atoms with Crippen LogP contribution in [0.3, 0.4) is 0 Å². The molecule has 0 fully saturated rings. The van der Waals surface area contributed by atoms with Crippen LogP contribution in [0.15, 0.2) is 59.0 Å². The Hall–Kier alpha value is -3.09. The zero-order valence-corrected chi connectivity index (χ0v) is 18.0. The zero-order chi connectivity index (χ0) is 22.0. The summed E-state index contributed by atoms with van der Waals surface area (Å²) in [6, 6.07) is 15.5. The number of ether oxygens (including phenoxy) is 1. The van der Waals surface area contributed by atoms with Gasteiger partial charge in [-0.1, -0.05) is 54.4 Å². The molecule has 4 aromatic rings. The van der Waals surface area contributed by atoms with Gasteiger partial charge in [-0.15, -0.1) is 10.2 Å². The quantitative estimate of drug-likeness (QED) is 0.325. The van der Waals surface area contributed by atoms with Crippen LogP contribution in [-0.4, -0.2) is 10.2 Å². The van der Waals surface area contributed by atoms with E-state index < -0.39 is 5.82 Å². The summed E-state index contributed by atoms with van der Waals surface area (Å²) in [5.41, 5.74) is 8.42. The number of nitrogens with two attached hydrogens (primary N) is 1. The molecule has 0 radical (unpaired) electrons. The number of hydrogen-bond donors (Lipinski definition) is 1. The van der Waals surface area contributed by atoms with Gasteiger partial charge in [-0.2, -0.15) is 0 Å². The van der Waals surface area contributed by atoms with Crippen LogP contribution in [0.5, 0.6) is 11.5 Å². The van der Waals surface area contributed by atoms with E-state index >= 15 is 4.39 Å². The number of halogens is 3. The number of nitrogen functional groups attached to an aromatic ring is 1. The van der Waals surface area contributed by atoms with E-state index in [-0.39, 0.29) is 28.8 Å². The first-order chi connectivity index (χ1) is 14.9. The molecule has 0 amide bonds. The number of benzene rings is 3. The number of anilines is 1. The summed E-state index contributed by atoms with van der Waals surface area (Å²) in [6.07, 6.45) is 0.909. The van der Waals surface area contributed by atoms with Crippen LogP contribution in [0.2, 0.25) is 10.0 Å². The molecule has 1 aromatic heterocycles. The van der Waals surface area contributed by atoms with Gasteiger partial charge in [0.25, 0.3) is 0 Å². The Kier molecular flexibility index (Phi) is 6.11. The second-order valence-electron chi connectivity index (χ2n) is 6.86. The minimum atomic E-state index is -0.625. The third-order valence-corrected chi connectivity index (χ3v) is 5.20. The monoisotopic (exact) mass is 457 g/mol. The maximum Gasteiger partial charge on any atom is 0.248 e. The van der Waals surface area contributed by atoms with Gasteiger partial charge in [-0.05, 0) is 36.2 Å². The van der Waals surface area contributed by atoms with Crippen LogP contribution >= 0.6 is 23.2 Å². The largest absolute Gasteiger partial charge is 0.453 e. The smallest absolute Gasteiger partial charge is 0.248 e. The summed E-state index contributed by atoms with van der Waals surface area (Å²) in [5.74, 6) is 0.198. The van der Waals surface area contributed by atoms with Crippen molar-refractivity contribution in [2.75, 3.05) is 5.73 Å². The summed E-state index contributed by atoms with van der Waals surface area (Å²) >= 11 is 12.2. The molecule has 0 atom stereocenters. The molecular formula is C23H18Cl2FN3O2. The second-order valence-corrected chi connectivity index (χ2v) is 7.70. The van der Waals surface area contributed by atoms with E-state index in [2.05, 4.69) is 10.2 Å². The minimum absolute atomic E-state index is 0.0817. The van der Waals surface area contributed by atoms with Crippen molar-refractivity contribution in [2.45, 2.75) is 19.8 Å². The molecule has 5 nitrogen and oxygen atoms in total. The van der Waals surface area contributed by atoms with E-state index in [1.807, 2.05) is 31.2 Å². The molecule has 0 spiro atoms. The lowest BCUT2D eigenvalue weighted by Crippen LogP contribution is -1.98. The Morgan fingerprint density at radius 3 is 2.61 bits per heavy atom. The number of aryl methyl sites for hydroxylation is 1. The molecule has 1 heterocycles. The van der Waals surface area contributed by atoms with Crippen LogP contribution in [-0.2, 0) is 12.8 Å². The standard InChI is InChI=1S/C23H18Cl2FN3O2/c1-2-13-5-3-4-6-18(13)23-29-28-20(31-23)9-14-7-8-19(25)22(21(14)26)30-17-11-15(24)10-16(27)12-17/h3-8,10-12H,2,9,27H2,1H3. The molecule has 2 N–H and O–H groups in total. The Labute approximate surface area is 188 Å². The molecule has 0 unspecified atom stereocenters. The van der Waals surface area contributed by atoms with Gasteiger partial charge in [0, 0.05) is 27.9 Å². The van der Waals surface area contributed by atoms with E-state index in [4.69, 9.17) is 38.1 Å². The van der Waals surface area contributed by atoms with Crippen molar-refractivity contribution in [2.24, 2.45) is 0 Å². The van der Waals surface area contributed by atoms with Crippen molar-refractivity contribution < 1.29 is 13.5 Å². The van der Waals surface area contributed by atoms with Crippen molar-refractivity contribution >= 4 is 28.9 Å². The number of rotatable bonds is 6. The maximum atomic E-state index is 15.2. The van der Waals surface area contributed by atoms with E-state index in [0.717, 1.165) is 17.5 Å². The lowest BCUT2D eigenvalue weighted by atomic mass is 10.1. The molecular weight excluding hydrogens is 440 g/mol. The Morgan fingerprint density at radius 2 is 1.84 bits per heavy atom. The van der Waals surface area contributed by atoms with Crippen molar-refractivity contribution in [3.63, 3.8) is 0 Å². The SMILES string of the molecule is CCc1ccccc1-c1nnc(Cc2ccc(Cl)c(Oc3cc(N)cc(Cl)c3)c2F)o1. The number of nitrogens with zero attached hydrogens (tertiary/aromatic N) is 2. The molecule has 0 bridgehead atoms. The summed E-state index contributed by atoms with van der Waals surface area (Å²) in [5, 5.41) is 8.68. The highest BCUT2D eigenvalue weighted by Crippen LogP contribution is 2.36. The first-order valence-electron chi connectivity index (χ1n) is 9.56. The summed E-state index contributed by atoms with van der Waals surface area (Å²) in [4.78, 5) is 0. The van der Waals surface area contributed by atoms with Crippen LogP contribution in [0, 0.1) is 5.82 Å². The van der Waals surface area contributed by atoms with Crippen LogP contribution in [0.4, 0.5) is 10.1 Å². The van der Waals surface area contributed by atoms with Crippen LogP contribution in [0.25, 0.3) is 11.5 Å². The molecule has 0 aliphatic rings. The van der Waals surface area contributed by atoms with Crippen molar-refractivity contribution in [3.05, 3.63) is 87.5 Å². The van der Waals surface area contributed by atoms with Gasteiger partial charge in [0.15, 0.2) is 11.6 Å². The predicted molar refractivity (Wildman–Crippen MR) is 119 cm³/mol. The fraction of sp³-hybridized carbons (Fsp3) is 0.130. The van der Waals surface area contributed by atoms with Gasteiger partial charge in [-0.25, -0.2) is 4.39 Å². The summed E-state index contributed by atoms with van der Waals surface area (Å²) in [6.45, 7) is 2.05. The second kappa shape index (κ2) is 8.96. The number of aromatic nitrogens is 2. The van der Waals surface area contributed by atoms with Gasteiger partial charge in [0.05, 0.1) is 11.4 Å². The molecule has 0 aliphatic carbocycles. The van der Waals surface area contributed by atoms with Gasteiger partial charge in [0.2, 0.25) is 11.8 Å². The molecule has 8 heteroatoms. The molecule has 31 heavy (non-hydrogen) atoms. The third kappa shape index (κ3) is 4.65. The van der Waals surface area contributed by atoms with E-state index in [0.29, 0.717) is 22.2 Å².